The number of thioether (sulfide) groups is 1. The van der Waals surface area contributed by atoms with Gasteiger partial charge in [0.2, 0.25) is 11.8 Å². The summed E-state index contributed by atoms with van der Waals surface area (Å²) in [5.41, 5.74) is 7.19. The monoisotopic (exact) mass is 484 g/mol. The Kier molecular flexibility index (Phi) is 6.34. The second kappa shape index (κ2) is 9.14. The van der Waals surface area contributed by atoms with Crippen LogP contribution in [-0.2, 0) is 9.59 Å². The van der Waals surface area contributed by atoms with Crippen molar-refractivity contribution in [3.8, 4) is 11.4 Å². The molecule has 1 fully saturated rings. The second-order valence-electron chi connectivity index (χ2n) is 7.25. The van der Waals surface area contributed by atoms with Crippen LogP contribution >= 0.6 is 27.7 Å². The summed E-state index contributed by atoms with van der Waals surface area (Å²) in [5.74, 6) is 0.297. The lowest BCUT2D eigenvalue weighted by Crippen LogP contribution is -2.44. The van der Waals surface area contributed by atoms with E-state index < -0.39 is 0 Å². The summed E-state index contributed by atoms with van der Waals surface area (Å²) in [7, 11) is 0. The van der Waals surface area contributed by atoms with Crippen LogP contribution in [-0.4, -0.2) is 45.5 Å². The lowest BCUT2D eigenvalue weighted by molar-refractivity contribution is -0.132. The molecular formula is C22H21BrN4O2S. The number of nitrogens with two attached hydrogens (primary N) is 1. The molecule has 1 aliphatic rings. The van der Waals surface area contributed by atoms with Crippen LogP contribution in [0.2, 0.25) is 0 Å². The van der Waals surface area contributed by atoms with Crippen molar-refractivity contribution < 1.29 is 9.59 Å². The Labute approximate surface area is 187 Å². The lowest BCUT2D eigenvalue weighted by atomic mass is 9.97. The Bertz CT molecular complexity index is 1090. The lowest BCUT2D eigenvalue weighted by Gasteiger charge is -2.31. The van der Waals surface area contributed by atoms with Gasteiger partial charge in [-0.15, -0.1) is 0 Å². The number of amides is 2. The van der Waals surface area contributed by atoms with Crippen molar-refractivity contribution in [1.82, 2.24) is 14.9 Å². The zero-order valence-corrected chi connectivity index (χ0v) is 18.7. The molecule has 0 spiro atoms. The van der Waals surface area contributed by atoms with Crippen molar-refractivity contribution in [2.24, 2.45) is 11.7 Å². The standard InChI is InChI=1S/C22H21BrN4O2S/c23-16-9-7-14(8-10-16)21-25-18-6-2-1-5-17(18)22(26-21)30-13-19(28)27-11-3-4-15(12-27)20(24)29/h1-2,5-10,15H,3-4,11-13H2,(H2,24,29). The first kappa shape index (κ1) is 20.8. The number of piperidine rings is 1. The Balaban J connectivity index is 1.56. The number of fused-ring (bicyclic) bond motifs is 1. The van der Waals surface area contributed by atoms with Crippen molar-refractivity contribution >= 4 is 50.4 Å². The molecule has 30 heavy (non-hydrogen) atoms. The van der Waals surface area contributed by atoms with Gasteiger partial charge in [0.1, 0.15) is 5.03 Å². The maximum atomic E-state index is 12.8. The number of rotatable bonds is 5. The number of hydrogen-bond donors (Lipinski definition) is 1. The number of halogens is 1. The van der Waals surface area contributed by atoms with Crippen LogP contribution in [0.4, 0.5) is 0 Å². The smallest absolute Gasteiger partial charge is 0.233 e. The van der Waals surface area contributed by atoms with Crippen molar-refractivity contribution in [1.29, 1.82) is 0 Å². The van der Waals surface area contributed by atoms with E-state index >= 15 is 0 Å². The van der Waals surface area contributed by atoms with E-state index in [0.29, 0.717) is 18.9 Å². The van der Waals surface area contributed by atoms with E-state index in [2.05, 4.69) is 15.9 Å². The number of carbonyl (C=O) groups is 2. The molecule has 1 aliphatic heterocycles. The zero-order valence-electron chi connectivity index (χ0n) is 16.3. The maximum Gasteiger partial charge on any atom is 0.233 e. The normalized spacial score (nSPS) is 16.6. The number of carbonyl (C=O) groups excluding carboxylic acids is 2. The molecule has 6 nitrogen and oxygen atoms in total. The van der Waals surface area contributed by atoms with Gasteiger partial charge >= 0.3 is 0 Å². The first-order valence-electron chi connectivity index (χ1n) is 9.74. The fourth-order valence-corrected chi connectivity index (χ4v) is 4.73. The van der Waals surface area contributed by atoms with Gasteiger partial charge in [-0.1, -0.05) is 58.0 Å². The van der Waals surface area contributed by atoms with Crippen LogP contribution < -0.4 is 5.73 Å². The van der Waals surface area contributed by atoms with Crippen molar-refractivity contribution in [3.05, 3.63) is 53.0 Å². The van der Waals surface area contributed by atoms with Crippen LogP contribution in [0.5, 0.6) is 0 Å². The molecule has 2 amide bonds. The molecule has 1 unspecified atom stereocenters. The number of likely N-dealkylation sites (tertiary alicyclic amines) is 1. The van der Waals surface area contributed by atoms with Crippen molar-refractivity contribution in [2.75, 3.05) is 18.8 Å². The van der Waals surface area contributed by atoms with Gasteiger partial charge in [-0.2, -0.15) is 0 Å². The fourth-order valence-electron chi connectivity index (χ4n) is 3.54. The third-order valence-corrected chi connectivity index (χ3v) is 6.68. The summed E-state index contributed by atoms with van der Waals surface area (Å²) in [6.07, 6.45) is 1.55. The predicted molar refractivity (Wildman–Crippen MR) is 122 cm³/mol. The van der Waals surface area contributed by atoms with Crippen LogP contribution in [0.3, 0.4) is 0 Å². The highest BCUT2D eigenvalue weighted by Gasteiger charge is 2.27. The minimum atomic E-state index is -0.332. The Morgan fingerprint density at radius 1 is 1.13 bits per heavy atom. The first-order chi connectivity index (χ1) is 14.5. The van der Waals surface area contributed by atoms with Gasteiger partial charge in [-0.05, 0) is 31.0 Å². The minimum Gasteiger partial charge on any atom is -0.369 e. The summed E-state index contributed by atoms with van der Waals surface area (Å²) in [6.45, 7) is 1.07. The van der Waals surface area contributed by atoms with E-state index in [0.717, 1.165) is 38.8 Å². The summed E-state index contributed by atoms with van der Waals surface area (Å²) in [6, 6.07) is 15.6. The molecule has 4 rings (SSSR count). The molecule has 2 aromatic carbocycles. The van der Waals surface area contributed by atoms with Gasteiger partial charge in [0.25, 0.3) is 0 Å². The SMILES string of the molecule is NC(=O)C1CCCN(C(=O)CSc2nc(-c3ccc(Br)cc3)nc3ccccc23)C1. The number of para-hydroxylation sites is 1. The minimum absolute atomic E-state index is 0.00108. The first-order valence-corrected chi connectivity index (χ1v) is 11.5. The number of nitrogens with zero attached hydrogens (tertiary/aromatic N) is 3. The van der Waals surface area contributed by atoms with Gasteiger partial charge in [-0.3, -0.25) is 9.59 Å². The number of primary amides is 1. The van der Waals surface area contributed by atoms with Crippen LogP contribution in [0.1, 0.15) is 12.8 Å². The third kappa shape index (κ3) is 4.65. The molecule has 0 radical (unpaired) electrons. The van der Waals surface area contributed by atoms with Crippen molar-refractivity contribution in [3.63, 3.8) is 0 Å². The zero-order chi connectivity index (χ0) is 21.1. The fraction of sp³-hybridized carbons (Fsp3) is 0.273. The van der Waals surface area contributed by atoms with Gasteiger partial charge < -0.3 is 10.6 Å². The molecule has 2 N–H and O–H groups in total. The topological polar surface area (TPSA) is 89.2 Å². The molecule has 0 saturated carbocycles. The highest BCUT2D eigenvalue weighted by atomic mass is 79.9. The molecule has 1 saturated heterocycles. The van der Waals surface area contributed by atoms with E-state index in [9.17, 15) is 9.59 Å². The molecule has 1 atom stereocenters. The van der Waals surface area contributed by atoms with E-state index in [4.69, 9.17) is 15.7 Å². The highest BCUT2D eigenvalue weighted by molar-refractivity contribution is 9.10. The van der Waals surface area contributed by atoms with Gasteiger partial charge in [0, 0.05) is 28.5 Å². The predicted octanol–water partition coefficient (Wildman–Crippen LogP) is 3.88. The average molecular weight is 485 g/mol. The van der Waals surface area contributed by atoms with Gasteiger partial charge in [0.05, 0.1) is 17.2 Å². The van der Waals surface area contributed by atoms with Gasteiger partial charge in [-0.25, -0.2) is 9.97 Å². The highest BCUT2D eigenvalue weighted by Crippen LogP contribution is 2.29. The molecule has 0 bridgehead atoms. The largest absolute Gasteiger partial charge is 0.369 e. The van der Waals surface area contributed by atoms with Crippen LogP contribution in [0, 0.1) is 5.92 Å². The van der Waals surface area contributed by atoms with E-state index in [1.54, 1.807) is 4.90 Å². The van der Waals surface area contributed by atoms with E-state index in [1.165, 1.54) is 11.8 Å². The summed E-state index contributed by atoms with van der Waals surface area (Å²) in [5, 5.41) is 1.69. The molecule has 8 heteroatoms. The van der Waals surface area contributed by atoms with E-state index in [-0.39, 0.29) is 23.5 Å². The van der Waals surface area contributed by atoms with Crippen molar-refractivity contribution in [2.45, 2.75) is 17.9 Å². The molecule has 2 heterocycles. The number of hydrogen-bond acceptors (Lipinski definition) is 5. The molecule has 1 aromatic heterocycles. The Morgan fingerprint density at radius 3 is 2.67 bits per heavy atom. The summed E-state index contributed by atoms with van der Waals surface area (Å²) < 4.78 is 0.989. The van der Waals surface area contributed by atoms with Crippen LogP contribution in [0.25, 0.3) is 22.3 Å². The van der Waals surface area contributed by atoms with Crippen LogP contribution in [0.15, 0.2) is 58.0 Å². The molecular weight excluding hydrogens is 464 g/mol. The Morgan fingerprint density at radius 2 is 1.90 bits per heavy atom. The average Bonchev–Trinajstić information content (AvgIpc) is 2.77. The quantitative estimate of drug-likeness (QED) is 0.438. The summed E-state index contributed by atoms with van der Waals surface area (Å²) >= 11 is 4.85. The molecule has 3 aromatic rings. The van der Waals surface area contributed by atoms with Gasteiger partial charge in [0.15, 0.2) is 5.82 Å². The number of aromatic nitrogens is 2. The third-order valence-electron chi connectivity index (χ3n) is 5.18. The van der Waals surface area contributed by atoms with E-state index in [1.807, 2.05) is 48.5 Å². The second-order valence-corrected chi connectivity index (χ2v) is 9.13. The maximum absolute atomic E-state index is 12.8. The molecule has 154 valence electrons. The summed E-state index contributed by atoms with van der Waals surface area (Å²) in [4.78, 5) is 35.5. The molecule has 0 aliphatic carbocycles. The number of benzene rings is 2. The Hall–Kier alpha value is -2.45.